The summed E-state index contributed by atoms with van der Waals surface area (Å²) >= 11 is 1.27. The van der Waals surface area contributed by atoms with Crippen LogP contribution in [-0.2, 0) is 16.0 Å². The number of aromatic nitrogens is 1. The Kier molecular flexibility index (Phi) is 6.28. The van der Waals surface area contributed by atoms with Crippen molar-refractivity contribution in [2.75, 3.05) is 20.0 Å². The fourth-order valence-electron chi connectivity index (χ4n) is 2.04. The number of nitro benzene ring substituents is 1. The van der Waals surface area contributed by atoms with Crippen molar-refractivity contribution in [1.29, 1.82) is 0 Å². The summed E-state index contributed by atoms with van der Waals surface area (Å²) in [5.74, 6) is 0.901. The lowest BCUT2D eigenvalue weighted by Crippen LogP contribution is -2.10. The highest BCUT2D eigenvalue weighted by Crippen LogP contribution is 2.33. The maximum atomic E-state index is 11.6. The number of benzene rings is 1. The maximum absolute atomic E-state index is 11.6. The second-order valence-corrected chi connectivity index (χ2v) is 5.67. The van der Waals surface area contributed by atoms with E-state index in [0.29, 0.717) is 22.1 Å². The SMILES string of the molecule is COCC(=O)Cc1cc(Oc2ccc([N+](=O)[O-])c(SC)c2)ccn1. The van der Waals surface area contributed by atoms with Crippen LogP contribution in [0.1, 0.15) is 5.69 Å². The Bertz CT molecular complexity index is 751. The van der Waals surface area contributed by atoms with Gasteiger partial charge in [-0.3, -0.25) is 19.9 Å². The fourth-order valence-corrected chi connectivity index (χ4v) is 2.62. The number of nitro groups is 1. The predicted molar refractivity (Wildman–Crippen MR) is 89.8 cm³/mol. The molecule has 0 aliphatic carbocycles. The third-order valence-corrected chi connectivity index (χ3v) is 3.82. The van der Waals surface area contributed by atoms with Gasteiger partial charge in [0.05, 0.1) is 21.9 Å². The van der Waals surface area contributed by atoms with E-state index in [4.69, 9.17) is 9.47 Å². The van der Waals surface area contributed by atoms with Crippen LogP contribution in [0.15, 0.2) is 41.4 Å². The highest BCUT2D eigenvalue weighted by molar-refractivity contribution is 7.98. The Hall–Kier alpha value is -2.45. The number of nitrogens with zero attached hydrogens (tertiary/aromatic N) is 2. The Morgan fingerprint density at radius 2 is 2.04 bits per heavy atom. The fraction of sp³-hybridized carbons (Fsp3) is 0.250. The van der Waals surface area contributed by atoms with Crippen LogP contribution in [0.2, 0.25) is 0 Å². The number of carbonyl (C=O) groups excluding carboxylic acids is 1. The van der Waals surface area contributed by atoms with Gasteiger partial charge in [-0.15, -0.1) is 11.8 Å². The summed E-state index contributed by atoms with van der Waals surface area (Å²) in [5, 5.41) is 11.0. The third kappa shape index (κ3) is 4.77. The zero-order valence-electron chi connectivity index (χ0n) is 13.2. The van der Waals surface area contributed by atoms with E-state index in [1.807, 2.05) is 0 Å². The van der Waals surface area contributed by atoms with Crippen LogP contribution in [0.25, 0.3) is 0 Å². The van der Waals surface area contributed by atoms with Crippen LogP contribution in [0, 0.1) is 10.1 Å². The maximum Gasteiger partial charge on any atom is 0.283 e. The number of ether oxygens (including phenoxy) is 2. The lowest BCUT2D eigenvalue weighted by Gasteiger charge is -2.08. The van der Waals surface area contributed by atoms with E-state index in [1.54, 1.807) is 30.7 Å². The molecule has 24 heavy (non-hydrogen) atoms. The zero-order chi connectivity index (χ0) is 17.5. The van der Waals surface area contributed by atoms with Crippen molar-refractivity contribution in [3.8, 4) is 11.5 Å². The molecular weight excluding hydrogens is 332 g/mol. The summed E-state index contributed by atoms with van der Waals surface area (Å²) in [6.07, 6.45) is 3.46. The zero-order valence-corrected chi connectivity index (χ0v) is 14.0. The minimum Gasteiger partial charge on any atom is -0.457 e. The molecule has 2 rings (SSSR count). The van der Waals surface area contributed by atoms with Gasteiger partial charge >= 0.3 is 0 Å². The van der Waals surface area contributed by atoms with Gasteiger partial charge in [-0.1, -0.05) is 0 Å². The number of pyridine rings is 1. The molecule has 1 aromatic heterocycles. The Labute approximate surface area is 143 Å². The topological polar surface area (TPSA) is 91.6 Å². The molecule has 0 aliphatic heterocycles. The van der Waals surface area contributed by atoms with Gasteiger partial charge in [0.25, 0.3) is 5.69 Å². The molecule has 2 aromatic rings. The van der Waals surface area contributed by atoms with Crippen LogP contribution in [0.4, 0.5) is 5.69 Å². The Morgan fingerprint density at radius 3 is 2.71 bits per heavy atom. The Morgan fingerprint density at radius 1 is 1.29 bits per heavy atom. The van der Waals surface area contributed by atoms with E-state index >= 15 is 0 Å². The lowest BCUT2D eigenvalue weighted by molar-refractivity contribution is -0.387. The highest BCUT2D eigenvalue weighted by Gasteiger charge is 2.14. The summed E-state index contributed by atoms with van der Waals surface area (Å²) in [6.45, 7) is 0.0339. The highest BCUT2D eigenvalue weighted by atomic mass is 32.2. The van der Waals surface area contributed by atoms with Gasteiger partial charge in [0.2, 0.25) is 0 Å². The first kappa shape index (κ1) is 17.9. The van der Waals surface area contributed by atoms with Crippen LogP contribution in [0.5, 0.6) is 11.5 Å². The largest absolute Gasteiger partial charge is 0.457 e. The molecule has 0 N–H and O–H groups in total. The second kappa shape index (κ2) is 8.42. The van der Waals surface area contributed by atoms with Crippen molar-refractivity contribution >= 4 is 23.2 Å². The molecule has 1 heterocycles. The van der Waals surface area contributed by atoms with Crippen molar-refractivity contribution in [3.05, 3.63) is 52.3 Å². The molecule has 7 nitrogen and oxygen atoms in total. The van der Waals surface area contributed by atoms with Crippen molar-refractivity contribution in [2.24, 2.45) is 0 Å². The first-order valence-corrected chi connectivity index (χ1v) is 8.22. The molecule has 0 atom stereocenters. The molecule has 0 amide bonds. The van der Waals surface area contributed by atoms with Crippen molar-refractivity contribution in [1.82, 2.24) is 4.98 Å². The Balaban J connectivity index is 2.16. The molecule has 0 unspecified atom stereocenters. The second-order valence-electron chi connectivity index (χ2n) is 4.82. The van der Waals surface area contributed by atoms with Gasteiger partial charge in [0.1, 0.15) is 18.1 Å². The molecule has 0 aliphatic rings. The van der Waals surface area contributed by atoms with Gasteiger partial charge in [0, 0.05) is 31.5 Å². The van der Waals surface area contributed by atoms with Crippen molar-refractivity contribution in [3.63, 3.8) is 0 Å². The van der Waals surface area contributed by atoms with Crippen LogP contribution >= 0.6 is 11.8 Å². The minimum absolute atomic E-state index is 0.0339. The smallest absolute Gasteiger partial charge is 0.283 e. The number of carbonyl (C=O) groups is 1. The van der Waals surface area contributed by atoms with Crippen LogP contribution < -0.4 is 4.74 Å². The number of ketones is 1. The predicted octanol–water partition coefficient (Wildman–Crippen LogP) is 3.26. The number of hydrogen-bond donors (Lipinski definition) is 0. The number of rotatable bonds is 8. The molecule has 0 fully saturated rings. The van der Waals surface area contributed by atoms with Crippen LogP contribution in [0.3, 0.4) is 0 Å². The summed E-state index contributed by atoms with van der Waals surface area (Å²) in [6, 6.07) is 7.87. The van der Waals surface area contributed by atoms with E-state index in [1.165, 1.54) is 31.0 Å². The quantitative estimate of drug-likeness (QED) is 0.411. The lowest BCUT2D eigenvalue weighted by atomic mass is 10.2. The molecule has 0 spiro atoms. The van der Waals surface area contributed by atoms with E-state index in [0.717, 1.165) is 0 Å². The molecule has 0 saturated heterocycles. The van der Waals surface area contributed by atoms with Gasteiger partial charge in [-0.25, -0.2) is 0 Å². The number of Topliss-reactive ketones (excluding diaryl/α,β-unsaturated/α-hetero) is 1. The number of hydrogen-bond acceptors (Lipinski definition) is 7. The van der Waals surface area contributed by atoms with Gasteiger partial charge < -0.3 is 9.47 Å². The normalized spacial score (nSPS) is 10.4. The first-order valence-electron chi connectivity index (χ1n) is 6.99. The van der Waals surface area contributed by atoms with E-state index in [-0.39, 0.29) is 24.5 Å². The first-order chi connectivity index (χ1) is 11.5. The van der Waals surface area contributed by atoms with Gasteiger partial charge in [0.15, 0.2) is 5.78 Å². The average molecular weight is 348 g/mol. The standard InChI is InChI=1S/C16H16N2O5S/c1-22-10-12(19)7-11-8-14(5-6-17-11)23-13-3-4-15(18(20)21)16(9-13)24-2/h3-6,8-9H,7,10H2,1-2H3. The molecule has 8 heteroatoms. The average Bonchev–Trinajstić information content (AvgIpc) is 2.55. The summed E-state index contributed by atoms with van der Waals surface area (Å²) in [4.78, 5) is 26.8. The van der Waals surface area contributed by atoms with Gasteiger partial charge in [-0.2, -0.15) is 0 Å². The summed E-state index contributed by atoms with van der Waals surface area (Å²) in [5.41, 5.74) is 0.608. The van der Waals surface area contributed by atoms with E-state index < -0.39 is 4.92 Å². The van der Waals surface area contributed by atoms with Gasteiger partial charge in [-0.05, 0) is 18.4 Å². The minimum atomic E-state index is -0.429. The third-order valence-electron chi connectivity index (χ3n) is 3.06. The molecule has 0 radical (unpaired) electrons. The summed E-state index contributed by atoms with van der Waals surface area (Å²) < 4.78 is 10.5. The van der Waals surface area contributed by atoms with E-state index in [2.05, 4.69) is 4.98 Å². The molecular formula is C16H16N2O5S. The molecule has 0 saturated carbocycles. The molecule has 1 aromatic carbocycles. The monoisotopic (exact) mass is 348 g/mol. The summed E-state index contributed by atoms with van der Waals surface area (Å²) in [7, 11) is 1.46. The number of thioether (sulfide) groups is 1. The molecule has 126 valence electrons. The van der Waals surface area contributed by atoms with E-state index in [9.17, 15) is 14.9 Å². The number of methoxy groups -OCH3 is 1. The van der Waals surface area contributed by atoms with Crippen molar-refractivity contribution < 1.29 is 19.2 Å². The van der Waals surface area contributed by atoms with Crippen molar-refractivity contribution in [2.45, 2.75) is 11.3 Å². The molecule has 0 bridgehead atoms. The van der Waals surface area contributed by atoms with Crippen LogP contribution in [-0.4, -0.2) is 35.7 Å².